The van der Waals surface area contributed by atoms with Crippen LogP contribution in [-0.2, 0) is 4.79 Å². The van der Waals surface area contributed by atoms with Gasteiger partial charge in [-0.05, 0) is 55.5 Å². The lowest BCUT2D eigenvalue weighted by Crippen LogP contribution is -2.25. The number of carbonyl (C=O) groups excluding carboxylic acids is 1. The van der Waals surface area contributed by atoms with Gasteiger partial charge in [-0.2, -0.15) is 5.10 Å². The second kappa shape index (κ2) is 9.74. The first-order chi connectivity index (χ1) is 14.3. The molecule has 30 heavy (non-hydrogen) atoms. The van der Waals surface area contributed by atoms with Crippen LogP contribution in [0.1, 0.15) is 65.4 Å². The van der Waals surface area contributed by atoms with Gasteiger partial charge in [-0.15, -0.1) is 0 Å². The Bertz CT molecular complexity index is 944. The number of hydrogen-bond donors (Lipinski definition) is 0. The van der Waals surface area contributed by atoms with Crippen molar-refractivity contribution in [3.8, 4) is 0 Å². The van der Waals surface area contributed by atoms with E-state index >= 15 is 0 Å². The Hall–Kier alpha value is -2.20. The minimum absolute atomic E-state index is 0.0661. The number of benzene rings is 1. The van der Waals surface area contributed by atoms with Crippen LogP contribution in [0.25, 0.3) is 5.70 Å². The smallest absolute Gasteiger partial charge is 0.164 e. The van der Waals surface area contributed by atoms with Gasteiger partial charge in [-0.25, -0.2) is 9.40 Å². The van der Waals surface area contributed by atoms with Crippen LogP contribution in [0.4, 0.5) is 4.39 Å². The second-order valence-corrected chi connectivity index (χ2v) is 8.74. The van der Waals surface area contributed by atoms with Gasteiger partial charge in [0.25, 0.3) is 0 Å². The molecule has 0 fully saturated rings. The molecule has 0 spiro atoms. The molecule has 0 radical (unpaired) electrons. The number of allylic oxidation sites excluding steroid dienone is 4. The fraction of sp³-hybridized carbons (Fsp3) is 0.440. The molecular formula is C25H30ClFN2O. The van der Waals surface area contributed by atoms with Crippen molar-refractivity contribution in [1.29, 1.82) is 0 Å². The van der Waals surface area contributed by atoms with E-state index in [4.69, 9.17) is 11.6 Å². The highest BCUT2D eigenvalue weighted by atomic mass is 35.5. The third kappa shape index (κ3) is 4.59. The molecule has 0 aromatic heterocycles. The van der Waals surface area contributed by atoms with Crippen LogP contribution in [0.15, 0.2) is 52.3 Å². The van der Waals surface area contributed by atoms with Gasteiger partial charge < -0.3 is 0 Å². The number of halogens is 2. The molecule has 2 unspecified atom stereocenters. The number of unbranched alkanes of at least 4 members (excludes halogenated alkanes) is 1. The van der Waals surface area contributed by atoms with Crippen LogP contribution in [0, 0.1) is 17.7 Å². The fourth-order valence-corrected chi connectivity index (χ4v) is 4.17. The number of Topliss-reactive ketones (excluding diaryl/α,β-unsaturated/α-hetero) is 1. The SMILES string of the molecule is CCCCC(C)C(C)C(=O)C1=C(c2ccc(Cl)c(F)c2)N2N=CC=CC2=C(C)CC1. The Balaban J connectivity index is 2.12. The molecule has 0 saturated carbocycles. The molecule has 2 aliphatic heterocycles. The van der Waals surface area contributed by atoms with Crippen LogP contribution in [0.5, 0.6) is 0 Å². The van der Waals surface area contributed by atoms with Crippen molar-refractivity contribution in [3.05, 3.63) is 63.6 Å². The van der Waals surface area contributed by atoms with E-state index in [2.05, 4.69) is 25.9 Å². The lowest BCUT2D eigenvalue weighted by Gasteiger charge is -2.28. The van der Waals surface area contributed by atoms with Crippen LogP contribution in [-0.4, -0.2) is 17.0 Å². The zero-order chi connectivity index (χ0) is 21.8. The number of hydrazone groups is 1. The van der Waals surface area contributed by atoms with Crippen molar-refractivity contribution in [2.24, 2.45) is 16.9 Å². The number of rotatable bonds is 7. The third-order valence-electron chi connectivity index (χ3n) is 6.21. The Kier molecular flexibility index (Phi) is 7.30. The quantitative estimate of drug-likeness (QED) is 0.462. The number of carbonyl (C=O) groups is 1. The Morgan fingerprint density at radius 3 is 2.77 bits per heavy atom. The van der Waals surface area contributed by atoms with E-state index in [1.165, 1.54) is 6.07 Å². The predicted molar refractivity (Wildman–Crippen MR) is 123 cm³/mol. The van der Waals surface area contributed by atoms with E-state index in [1.54, 1.807) is 23.4 Å². The van der Waals surface area contributed by atoms with Crippen LogP contribution in [0.2, 0.25) is 5.02 Å². The van der Waals surface area contributed by atoms with E-state index in [0.717, 1.165) is 42.5 Å². The first kappa shape index (κ1) is 22.5. The minimum Gasteiger partial charge on any atom is -0.294 e. The molecule has 5 heteroatoms. The molecule has 0 N–H and O–H groups in total. The standard InChI is InChI=1S/C25H30ClFN2O/c1-5-6-8-16(2)18(4)25(30)20-12-10-17(3)23-9-7-14-28-29(23)24(20)19-11-13-21(26)22(27)15-19/h7,9,11,13-16,18H,5-6,8,10,12H2,1-4H3. The molecule has 160 valence electrons. The van der Waals surface area contributed by atoms with Gasteiger partial charge >= 0.3 is 0 Å². The Morgan fingerprint density at radius 1 is 1.30 bits per heavy atom. The van der Waals surface area contributed by atoms with Crippen molar-refractivity contribution >= 4 is 29.3 Å². The first-order valence-corrected chi connectivity index (χ1v) is 11.2. The number of fused-ring (bicyclic) bond motifs is 1. The van der Waals surface area contributed by atoms with E-state index < -0.39 is 5.82 Å². The van der Waals surface area contributed by atoms with Crippen molar-refractivity contribution in [1.82, 2.24) is 5.01 Å². The van der Waals surface area contributed by atoms with Gasteiger partial charge in [-0.1, -0.05) is 57.7 Å². The summed E-state index contributed by atoms with van der Waals surface area (Å²) in [5, 5.41) is 6.42. The fourth-order valence-electron chi connectivity index (χ4n) is 4.05. The number of hydrogen-bond acceptors (Lipinski definition) is 3. The predicted octanol–water partition coefficient (Wildman–Crippen LogP) is 7.15. The molecular weight excluding hydrogens is 399 g/mol. The summed E-state index contributed by atoms with van der Waals surface area (Å²) in [6, 6.07) is 4.72. The first-order valence-electron chi connectivity index (χ1n) is 10.8. The van der Waals surface area contributed by atoms with Crippen molar-refractivity contribution in [2.45, 2.75) is 59.8 Å². The Labute approximate surface area is 184 Å². The maximum absolute atomic E-state index is 14.4. The second-order valence-electron chi connectivity index (χ2n) is 8.33. The summed E-state index contributed by atoms with van der Waals surface area (Å²) >= 11 is 5.93. The summed E-state index contributed by atoms with van der Waals surface area (Å²) < 4.78 is 14.4. The van der Waals surface area contributed by atoms with Crippen molar-refractivity contribution in [3.63, 3.8) is 0 Å². The highest BCUT2D eigenvalue weighted by molar-refractivity contribution is 6.30. The lowest BCUT2D eigenvalue weighted by molar-refractivity contribution is -0.120. The molecule has 2 atom stereocenters. The summed E-state index contributed by atoms with van der Waals surface area (Å²) in [6.45, 7) is 8.39. The van der Waals surface area contributed by atoms with Gasteiger partial charge in [0.2, 0.25) is 0 Å². The van der Waals surface area contributed by atoms with Gasteiger partial charge in [0, 0.05) is 23.3 Å². The Morgan fingerprint density at radius 2 is 2.07 bits per heavy atom. The third-order valence-corrected chi connectivity index (χ3v) is 6.51. The maximum atomic E-state index is 14.4. The van der Waals surface area contributed by atoms with E-state index in [0.29, 0.717) is 17.7 Å². The highest BCUT2D eigenvalue weighted by Gasteiger charge is 2.31. The van der Waals surface area contributed by atoms with Crippen LogP contribution < -0.4 is 0 Å². The largest absolute Gasteiger partial charge is 0.294 e. The maximum Gasteiger partial charge on any atom is 0.164 e. The normalized spacial score (nSPS) is 18.4. The molecule has 1 aromatic rings. The highest BCUT2D eigenvalue weighted by Crippen LogP contribution is 2.39. The molecule has 3 rings (SSSR count). The molecule has 1 aromatic carbocycles. The zero-order valence-electron chi connectivity index (χ0n) is 18.2. The molecule has 0 bridgehead atoms. The van der Waals surface area contributed by atoms with Gasteiger partial charge in [0.05, 0.1) is 16.4 Å². The summed E-state index contributed by atoms with van der Waals surface area (Å²) in [4.78, 5) is 13.7. The average molecular weight is 429 g/mol. The zero-order valence-corrected chi connectivity index (χ0v) is 19.0. The molecule has 2 aliphatic rings. The van der Waals surface area contributed by atoms with Crippen LogP contribution in [0.3, 0.4) is 0 Å². The molecule has 0 saturated heterocycles. The van der Waals surface area contributed by atoms with E-state index in [9.17, 15) is 9.18 Å². The molecule has 0 aliphatic carbocycles. The van der Waals surface area contributed by atoms with Crippen LogP contribution >= 0.6 is 11.6 Å². The molecule has 3 nitrogen and oxygen atoms in total. The summed E-state index contributed by atoms with van der Waals surface area (Å²) in [5.74, 6) is -0.192. The number of ketones is 1. The monoisotopic (exact) mass is 428 g/mol. The summed E-state index contributed by atoms with van der Waals surface area (Å²) in [7, 11) is 0. The van der Waals surface area contributed by atoms with Crippen molar-refractivity contribution < 1.29 is 9.18 Å². The summed E-state index contributed by atoms with van der Waals surface area (Å²) in [6.07, 6.45) is 10.2. The van der Waals surface area contributed by atoms with Gasteiger partial charge in [0.1, 0.15) is 5.82 Å². The number of nitrogens with zero attached hydrogens (tertiary/aromatic N) is 2. The van der Waals surface area contributed by atoms with Gasteiger partial charge in [0.15, 0.2) is 5.78 Å². The minimum atomic E-state index is -0.499. The molecule has 0 amide bonds. The summed E-state index contributed by atoms with van der Waals surface area (Å²) in [5.41, 5.74) is 4.10. The molecule has 2 heterocycles. The van der Waals surface area contributed by atoms with E-state index in [-0.39, 0.29) is 22.6 Å². The van der Waals surface area contributed by atoms with Gasteiger partial charge in [-0.3, -0.25) is 4.79 Å². The van der Waals surface area contributed by atoms with Crippen molar-refractivity contribution in [2.75, 3.05) is 0 Å². The average Bonchev–Trinajstić information content (AvgIpc) is 2.90. The topological polar surface area (TPSA) is 32.7 Å². The lowest BCUT2D eigenvalue weighted by atomic mass is 9.83. The van der Waals surface area contributed by atoms with E-state index in [1.807, 2.05) is 19.1 Å².